The van der Waals surface area contributed by atoms with Gasteiger partial charge >= 0.3 is 0 Å². The van der Waals surface area contributed by atoms with E-state index in [0.29, 0.717) is 0 Å². The molecule has 0 fully saturated rings. The van der Waals surface area contributed by atoms with Gasteiger partial charge in [0.1, 0.15) is 29.6 Å². The Morgan fingerprint density at radius 3 is 2.68 bits per heavy atom. The number of rotatable bonds is 3. The Kier molecular flexibility index (Phi) is 4.22. The van der Waals surface area contributed by atoms with E-state index < -0.39 is 27.9 Å². The highest BCUT2D eigenvalue weighted by molar-refractivity contribution is 7.90. The highest BCUT2D eigenvalue weighted by Gasteiger charge is 2.37. The van der Waals surface area contributed by atoms with E-state index in [1.54, 1.807) is 0 Å². The predicted molar refractivity (Wildman–Crippen MR) is 85.8 cm³/mol. The van der Waals surface area contributed by atoms with Crippen LogP contribution in [0.25, 0.3) is 4.85 Å². The number of halogens is 2. The number of hydrogen-bond donors (Lipinski definition) is 1. The monoisotopic (exact) mass is 365 g/mol. The lowest BCUT2D eigenvalue weighted by atomic mass is 10.1. The molecule has 2 aromatic carbocycles. The minimum absolute atomic E-state index is 0.0251. The molecule has 25 heavy (non-hydrogen) atoms. The smallest absolute Gasteiger partial charge is 0.193 e. The first-order chi connectivity index (χ1) is 11.7. The van der Waals surface area contributed by atoms with E-state index in [9.17, 15) is 22.3 Å². The van der Waals surface area contributed by atoms with Crippen molar-refractivity contribution >= 4 is 15.5 Å². The third-order valence-electron chi connectivity index (χ3n) is 3.92. The Morgan fingerprint density at radius 2 is 2.04 bits per heavy atom. The SMILES string of the molecule is [C-]#[N+]c1cc(F)cc(Oc2ccc(S(C)(=O)=O)c3c2C[C@@H](F)[C@H]3O)c1. The Morgan fingerprint density at radius 1 is 1.32 bits per heavy atom. The summed E-state index contributed by atoms with van der Waals surface area (Å²) in [7, 11) is -3.67. The fourth-order valence-corrected chi connectivity index (χ4v) is 3.82. The summed E-state index contributed by atoms with van der Waals surface area (Å²) in [6.45, 7) is 6.94. The van der Waals surface area contributed by atoms with Gasteiger partial charge in [0.15, 0.2) is 15.5 Å². The van der Waals surface area contributed by atoms with Crippen molar-refractivity contribution in [3.05, 3.63) is 58.7 Å². The van der Waals surface area contributed by atoms with E-state index in [-0.39, 0.29) is 39.6 Å². The number of nitrogens with zero attached hydrogens (tertiary/aromatic N) is 1. The van der Waals surface area contributed by atoms with Crippen LogP contribution >= 0.6 is 0 Å². The molecule has 0 spiro atoms. The van der Waals surface area contributed by atoms with Crippen LogP contribution in [0, 0.1) is 12.4 Å². The lowest BCUT2D eigenvalue weighted by Gasteiger charge is -2.14. The molecule has 0 heterocycles. The van der Waals surface area contributed by atoms with Crippen LogP contribution in [0.2, 0.25) is 0 Å². The van der Waals surface area contributed by atoms with E-state index >= 15 is 0 Å². The Labute approximate surface area is 143 Å². The minimum atomic E-state index is -3.67. The molecule has 1 aliphatic rings. The maximum Gasteiger partial charge on any atom is 0.193 e. The van der Waals surface area contributed by atoms with E-state index in [1.165, 1.54) is 18.2 Å². The molecule has 2 atom stereocenters. The predicted octanol–water partition coefficient (Wildman–Crippen LogP) is 3.50. The van der Waals surface area contributed by atoms with Gasteiger partial charge in [-0.2, -0.15) is 0 Å². The van der Waals surface area contributed by atoms with Crippen molar-refractivity contribution in [3.8, 4) is 11.5 Å². The molecule has 130 valence electrons. The normalized spacial score (nSPS) is 19.3. The van der Waals surface area contributed by atoms with Crippen LogP contribution in [0.4, 0.5) is 14.5 Å². The van der Waals surface area contributed by atoms with Crippen molar-refractivity contribution in [1.29, 1.82) is 0 Å². The van der Waals surface area contributed by atoms with Crippen molar-refractivity contribution in [1.82, 2.24) is 0 Å². The molecule has 1 aliphatic carbocycles. The van der Waals surface area contributed by atoms with E-state index in [1.807, 2.05) is 0 Å². The number of benzene rings is 2. The van der Waals surface area contributed by atoms with Crippen LogP contribution in [0.3, 0.4) is 0 Å². The van der Waals surface area contributed by atoms with E-state index in [0.717, 1.165) is 18.4 Å². The van der Waals surface area contributed by atoms with Crippen molar-refractivity contribution < 1.29 is 27.0 Å². The molecule has 0 bridgehead atoms. The maximum atomic E-state index is 14.0. The average Bonchev–Trinajstić information content (AvgIpc) is 2.82. The Bertz CT molecular complexity index is 998. The third kappa shape index (κ3) is 3.21. The van der Waals surface area contributed by atoms with Crippen LogP contribution in [0.1, 0.15) is 17.2 Å². The first-order valence-electron chi connectivity index (χ1n) is 7.24. The first kappa shape index (κ1) is 17.3. The molecule has 0 aromatic heterocycles. The zero-order chi connectivity index (χ0) is 18.4. The molecule has 0 saturated carbocycles. The standard InChI is InChI=1S/C17H13F2NO4S/c1-20-10-5-9(18)6-11(7-10)24-14-3-4-15(25(2,22)23)16-12(14)8-13(19)17(16)21/h3-7,13,17,21H,8H2,2H3/t13-,17-/m1/s1. The quantitative estimate of drug-likeness (QED) is 0.846. The highest BCUT2D eigenvalue weighted by atomic mass is 32.2. The fourth-order valence-electron chi connectivity index (χ4n) is 2.86. The topological polar surface area (TPSA) is 68.0 Å². The summed E-state index contributed by atoms with van der Waals surface area (Å²) in [5, 5.41) is 10.0. The summed E-state index contributed by atoms with van der Waals surface area (Å²) < 4.78 is 56.8. The molecule has 8 heteroatoms. The summed E-state index contributed by atoms with van der Waals surface area (Å²) in [4.78, 5) is 2.96. The Balaban J connectivity index is 2.11. The fraction of sp³-hybridized carbons (Fsp3) is 0.235. The molecular weight excluding hydrogens is 352 g/mol. The number of sulfone groups is 1. The van der Waals surface area contributed by atoms with Crippen LogP contribution in [-0.4, -0.2) is 26.0 Å². The van der Waals surface area contributed by atoms with Gasteiger partial charge in [0, 0.05) is 29.9 Å². The highest BCUT2D eigenvalue weighted by Crippen LogP contribution is 2.43. The van der Waals surface area contributed by atoms with Crippen molar-refractivity contribution in [2.75, 3.05) is 6.26 Å². The first-order valence-corrected chi connectivity index (χ1v) is 9.13. The average molecular weight is 365 g/mol. The maximum absolute atomic E-state index is 14.0. The number of aliphatic hydroxyl groups is 1. The molecule has 0 aliphatic heterocycles. The van der Waals surface area contributed by atoms with Crippen molar-refractivity contribution in [2.24, 2.45) is 0 Å². The van der Waals surface area contributed by atoms with E-state index in [4.69, 9.17) is 11.3 Å². The van der Waals surface area contributed by atoms with Gasteiger partial charge in [-0.25, -0.2) is 22.0 Å². The molecular formula is C17H13F2NO4S. The molecule has 5 nitrogen and oxygen atoms in total. The van der Waals surface area contributed by atoms with Gasteiger partial charge in [0.2, 0.25) is 0 Å². The summed E-state index contributed by atoms with van der Waals surface area (Å²) in [5.74, 6) is -0.531. The molecule has 0 unspecified atom stereocenters. The second-order valence-electron chi connectivity index (χ2n) is 5.75. The van der Waals surface area contributed by atoms with Crippen LogP contribution in [-0.2, 0) is 16.3 Å². The van der Waals surface area contributed by atoms with Crippen LogP contribution < -0.4 is 4.74 Å². The number of alkyl halides is 1. The van der Waals surface area contributed by atoms with Crippen molar-refractivity contribution in [3.63, 3.8) is 0 Å². The van der Waals surface area contributed by atoms with Gasteiger partial charge < -0.3 is 9.84 Å². The summed E-state index contributed by atoms with van der Waals surface area (Å²) in [6.07, 6.45) is -2.49. The van der Waals surface area contributed by atoms with Gasteiger partial charge in [-0.05, 0) is 24.3 Å². The van der Waals surface area contributed by atoms with Crippen LogP contribution in [0.15, 0.2) is 35.2 Å². The molecule has 3 rings (SSSR count). The largest absolute Gasteiger partial charge is 0.458 e. The number of fused-ring (bicyclic) bond motifs is 1. The molecule has 2 aromatic rings. The summed E-state index contributed by atoms with van der Waals surface area (Å²) in [5.41, 5.74) is 0.216. The third-order valence-corrected chi connectivity index (χ3v) is 5.08. The molecule has 0 amide bonds. The minimum Gasteiger partial charge on any atom is -0.458 e. The van der Waals surface area contributed by atoms with Crippen LogP contribution in [0.5, 0.6) is 11.5 Å². The Hall–Kier alpha value is -2.50. The van der Waals surface area contributed by atoms with Gasteiger partial charge in [0.25, 0.3) is 0 Å². The van der Waals surface area contributed by atoms with E-state index in [2.05, 4.69) is 4.85 Å². The lowest BCUT2D eigenvalue weighted by Crippen LogP contribution is -2.10. The van der Waals surface area contributed by atoms with Gasteiger partial charge in [-0.3, -0.25) is 0 Å². The number of hydrogen-bond acceptors (Lipinski definition) is 4. The lowest BCUT2D eigenvalue weighted by molar-refractivity contribution is 0.0907. The van der Waals surface area contributed by atoms with Gasteiger partial charge in [0.05, 0.1) is 11.5 Å². The number of aliphatic hydroxyl groups excluding tert-OH is 1. The number of ether oxygens (including phenoxy) is 1. The van der Waals surface area contributed by atoms with Gasteiger partial charge in [-0.15, -0.1) is 0 Å². The molecule has 1 N–H and O–H groups in total. The second-order valence-corrected chi connectivity index (χ2v) is 7.73. The summed E-state index contributed by atoms with van der Waals surface area (Å²) in [6, 6.07) is 5.97. The van der Waals surface area contributed by atoms with Gasteiger partial charge in [-0.1, -0.05) is 0 Å². The summed E-state index contributed by atoms with van der Waals surface area (Å²) >= 11 is 0. The van der Waals surface area contributed by atoms with Crippen molar-refractivity contribution in [2.45, 2.75) is 23.6 Å². The molecule has 0 saturated heterocycles. The zero-order valence-electron chi connectivity index (χ0n) is 13.0. The molecule has 0 radical (unpaired) electrons. The zero-order valence-corrected chi connectivity index (χ0v) is 13.8. The second kappa shape index (κ2) is 6.10.